The number of aryl methyl sites for hydroxylation is 2. The monoisotopic (exact) mass is 290 g/mol. The minimum absolute atomic E-state index is 0.0508. The van der Waals surface area contributed by atoms with E-state index in [4.69, 9.17) is 10.5 Å². The van der Waals surface area contributed by atoms with Gasteiger partial charge in [-0.25, -0.2) is 14.8 Å². The molecule has 0 fully saturated rings. The van der Waals surface area contributed by atoms with E-state index in [0.29, 0.717) is 5.82 Å². The number of aromatic nitrogens is 4. The Labute approximate surface area is 120 Å². The lowest BCUT2D eigenvalue weighted by Gasteiger charge is -2.06. The van der Waals surface area contributed by atoms with Gasteiger partial charge in [0, 0.05) is 25.5 Å². The second-order valence-corrected chi connectivity index (χ2v) is 4.21. The highest BCUT2D eigenvalue weighted by Gasteiger charge is 2.16. The van der Waals surface area contributed by atoms with Crippen LogP contribution in [0.3, 0.4) is 0 Å². The highest BCUT2D eigenvalue weighted by atomic mass is 16.5. The number of carbonyl (C=O) groups excluding carboxylic acids is 2. The quantitative estimate of drug-likeness (QED) is 0.753. The zero-order valence-corrected chi connectivity index (χ0v) is 11.5. The Balaban J connectivity index is 1.91. The van der Waals surface area contributed by atoms with E-state index >= 15 is 0 Å². The van der Waals surface area contributed by atoms with Gasteiger partial charge in [-0.1, -0.05) is 0 Å². The summed E-state index contributed by atoms with van der Waals surface area (Å²) >= 11 is 0. The molecule has 2 aromatic heterocycles. The van der Waals surface area contributed by atoms with E-state index in [9.17, 15) is 9.59 Å². The highest BCUT2D eigenvalue weighted by molar-refractivity contribution is 5.96. The van der Waals surface area contributed by atoms with E-state index in [0.717, 1.165) is 5.69 Å². The first-order valence-electron chi connectivity index (χ1n) is 6.01. The van der Waals surface area contributed by atoms with Crippen LogP contribution in [0.4, 0.5) is 11.6 Å². The molecule has 9 heteroatoms. The first-order valence-corrected chi connectivity index (χ1v) is 6.01. The van der Waals surface area contributed by atoms with Crippen LogP contribution in [0.25, 0.3) is 0 Å². The second kappa shape index (κ2) is 5.99. The molecule has 3 N–H and O–H groups in total. The number of carbonyl (C=O) groups is 2. The van der Waals surface area contributed by atoms with Crippen molar-refractivity contribution in [2.75, 3.05) is 17.7 Å². The van der Waals surface area contributed by atoms with E-state index in [2.05, 4.69) is 20.4 Å². The average molecular weight is 290 g/mol. The Morgan fingerprint density at radius 1 is 1.38 bits per heavy atom. The summed E-state index contributed by atoms with van der Waals surface area (Å²) in [7, 11) is 1.69. The van der Waals surface area contributed by atoms with Crippen molar-refractivity contribution in [2.45, 2.75) is 6.92 Å². The molecule has 0 aliphatic carbocycles. The number of nitrogen functional groups attached to an aromatic ring is 1. The molecule has 21 heavy (non-hydrogen) atoms. The fourth-order valence-electron chi connectivity index (χ4n) is 1.61. The molecule has 0 saturated carbocycles. The lowest BCUT2D eigenvalue weighted by molar-refractivity contribution is -0.119. The Kier molecular flexibility index (Phi) is 4.12. The molecule has 1 amide bonds. The van der Waals surface area contributed by atoms with Gasteiger partial charge in [-0.3, -0.25) is 9.48 Å². The molecule has 0 aromatic carbocycles. The lowest BCUT2D eigenvalue weighted by atomic mass is 10.4. The summed E-state index contributed by atoms with van der Waals surface area (Å²) in [6.07, 6.45) is 2.66. The minimum Gasteiger partial charge on any atom is -0.451 e. The third kappa shape index (κ3) is 3.53. The van der Waals surface area contributed by atoms with Crippen LogP contribution in [0.5, 0.6) is 0 Å². The van der Waals surface area contributed by atoms with Crippen LogP contribution < -0.4 is 11.1 Å². The van der Waals surface area contributed by atoms with Crippen molar-refractivity contribution >= 4 is 23.5 Å². The summed E-state index contributed by atoms with van der Waals surface area (Å²) in [5, 5.41) is 6.65. The number of rotatable bonds is 4. The zero-order chi connectivity index (χ0) is 15.4. The second-order valence-electron chi connectivity index (χ2n) is 4.21. The topological polar surface area (TPSA) is 125 Å². The van der Waals surface area contributed by atoms with Gasteiger partial charge in [0.2, 0.25) is 0 Å². The van der Waals surface area contributed by atoms with Gasteiger partial charge in [-0.15, -0.1) is 0 Å². The first kappa shape index (κ1) is 14.4. The molecular formula is C12H14N6O3. The van der Waals surface area contributed by atoms with Crippen molar-refractivity contribution in [3.8, 4) is 0 Å². The molecule has 110 valence electrons. The Morgan fingerprint density at radius 3 is 2.71 bits per heavy atom. The zero-order valence-electron chi connectivity index (χ0n) is 11.5. The minimum atomic E-state index is -0.808. The van der Waals surface area contributed by atoms with Gasteiger partial charge >= 0.3 is 5.97 Å². The SMILES string of the molecule is Cc1cc(NC(=O)COC(=O)c2nccnc2N)n(C)n1. The van der Waals surface area contributed by atoms with E-state index in [1.54, 1.807) is 20.0 Å². The summed E-state index contributed by atoms with van der Waals surface area (Å²) in [4.78, 5) is 30.9. The van der Waals surface area contributed by atoms with Gasteiger partial charge in [-0.2, -0.15) is 5.10 Å². The number of nitrogens with one attached hydrogen (secondary N) is 1. The molecule has 0 radical (unpaired) electrons. The molecule has 0 spiro atoms. The number of hydrogen-bond acceptors (Lipinski definition) is 7. The van der Waals surface area contributed by atoms with Crippen LogP contribution in [-0.2, 0) is 16.6 Å². The Bertz CT molecular complexity index is 681. The average Bonchev–Trinajstić information content (AvgIpc) is 2.74. The van der Waals surface area contributed by atoms with Crippen LogP contribution in [0.15, 0.2) is 18.5 Å². The van der Waals surface area contributed by atoms with E-state index in [1.165, 1.54) is 17.1 Å². The molecule has 9 nitrogen and oxygen atoms in total. The number of amides is 1. The predicted octanol–water partition coefficient (Wildman–Crippen LogP) is -0.104. The van der Waals surface area contributed by atoms with Gasteiger partial charge in [-0.05, 0) is 6.92 Å². The summed E-state index contributed by atoms with van der Waals surface area (Å²) in [5.74, 6) is -0.844. The number of esters is 1. The van der Waals surface area contributed by atoms with Crippen molar-refractivity contribution in [1.82, 2.24) is 19.7 Å². The normalized spacial score (nSPS) is 10.2. The van der Waals surface area contributed by atoms with Crippen LogP contribution >= 0.6 is 0 Å². The highest BCUT2D eigenvalue weighted by Crippen LogP contribution is 2.08. The number of ether oxygens (including phenoxy) is 1. The smallest absolute Gasteiger partial charge is 0.361 e. The molecule has 2 aromatic rings. The molecule has 0 aliphatic heterocycles. The molecular weight excluding hydrogens is 276 g/mol. The number of nitrogens with two attached hydrogens (primary N) is 1. The lowest BCUT2D eigenvalue weighted by Crippen LogP contribution is -2.23. The fraction of sp³-hybridized carbons (Fsp3) is 0.250. The maximum atomic E-state index is 11.7. The molecule has 0 bridgehead atoms. The first-order chi connectivity index (χ1) is 9.97. The predicted molar refractivity (Wildman–Crippen MR) is 73.3 cm³/mol. The van der Waals surface area contributed by atoms with E-state index in [1.807, 2.05) is 0 Å². The van der Waals surface area contributed by atoms with Crippen molar-refractivity contribution in [3.63, 3.8) is 0 Å². The van der Waals surface area contributed by atoms with Gasteiger partial charge in [0.1, 0.15) is 5.82 Å². The van der Waals surface area contributed by atoms with Crippen LogP contribution in [0, 0.1) is 6.92 Å². The fourth-order valence-corrected chi connectivity index (χ4v) is 1.61. The molecule has 0 unspecified atom stereocenters. The van der Waals surface area contributed by atoms with Crippen molar-refractivity contribution < 1.29 is 14.3 Å². The number of anilines is 2. The van der Waals surface area contributed by atoms with Crippen LogP contribution in [0.2, 0.25) is 0 Å². The van der Waals surface area contributed by atoms with Gasteiger partial charge in [0.05, 0.1) is 5.69 Å². The van der Waals surface area contributed by atoms with Gasteiger partial charge < -0.3 is 15.8 Å². The molecule has 0 aliphatic rings. The van der Waals surface area contributed by atoms with Crippen molar-refractivity contribution in [2.24, 2.45) is 7.05 Å². The maximum absolute atomic E-state index is 11.7. The molecule has 0 saturated heterocycles. The van der Waals surface area contributed by atoms with Gasteiger partial charge in [0.15, 0.2) is 18.1 Å². The maximum Gasteiger partial charge on any atom is 0.361 e. The number of hydrogen-bond donors (Lipinski definition) is 2. The third-order valence-electron chi connectivity index (χ3n) is 2.52. The van der Waals surface area contributed by atoms with E-state index < -0.39 is 18.5 Å². The van der Waals surface area contributed by atoms with Crippen molar-refractivity contribution in [1.29, 1.82) is 0 Å². The third-order valence-corrected chi connectivity index (χ3v) is 2.52. The number of nitrogens with zero attached hydrogens (tertiary/aromatic N) is 4. The standard InChI is InChI=1S/C12H14N6O3/c1-7-5-8(18(2)17-7)16-9(19)6-21-12(20)10-11(13)15-4-3-14-10/h3-5H,6H2,1-2H3,(H2,13,15)(H,16,19). The van der Waals surface area contributed by atoms with Crippen LogP contribution in [-0.4, -0.2) is 38.2 Å². The summed E-state index contributed by atoms with van der Waals surface area (Å²) in [6.45, 7) is 1.34. The molecule has 0 atom stereocenters. The van der Waals surface area contributed by atoms with E-state index in [-0.39, 0.29) is 11.5 Å². The summed E-state index contributed by atoms with van der Waals surface area (Å²) in [5.41, 5.74) is 6.13. The largest absolute Gasteiger partial charge is 0.451 e. The molecule has 2 heterocycles. The summed E-state index contributed by atoms with van der Waals surface area (Å²) < 4.78 is 6.34. The molecule has 2 rings (SSSR count). The van der Waals surface area contributed by atoms with Crippen molar-refractivity contribution in [3.05, 3.63) is 29.8 Å². The van der Waals surface area contributed by atoms with Crippen LogP contribution in [0.1, 0.15) is 16.2 Å². The Hall–Kier alpha value is -2.97. The summed E-state index contributed by atoms with van der Waals surface area (Å²) in [6, 6.07) is 1.69. The Morgan fingerprint density at radius 2 is 2.10 bits per heavy atom. The van der Waals surface area contributed by atoms with Gasteiger partial charge in [0.25, 0.3) is 5.91 Å².